The predicted octanol–water partition coefficient (Wildman–Crippen LogP) is 0.398. The van der Waals surface area contributed by atoms with Gasteiger partial charge in [-0.15, -0.1) is 4.83 Å². The summed E-state index contributed by atoms with van der Waals surface area (Å²) in [5.74, 6) is 0. The minimum Gasteiger partial charge on any atom is -0.306 e. The van der Waals surface area contributed by atoms with Gasteiger partial charge in [0.05, 0.1) is 4.90 Å². The summed E-state index contributed by atoms with van der Waals surface area (Å²) in [6.07, 6.45) is 0.136. The van der Waals surface area contributed by atoms with Gasteiger partial charge in [0.25, 0.3) is 20.2 Å². The first-order chi connectivity index (χ1) is 12.7. The Bertz CT molecular complexity index is 1140. The van der Waals surface area contributed by atoms with E-state index in [2.05, 4.69) is 5.43 Å². The van der Waals surface area contributed by atoms with Crippen LogP contribution in [0.15, 0.2) is 58.3 Å². The second-order valence-corrected chi connectivity index (χ2v) is 8.80. The number of hydrogen-bond acceptors (Lipinski definition) is 8. The molecule has 0 aromatic heterocycles. The van der Waals surface area contributed by atoms with Crippen molar-refractivity contribution in [2.24, 2.45) is 0 Å². The monoisotopic (exact) mass is 454 g/mol. The van der Waals surface area contributed by atoms with E-state index in [1.807, 2.05) is 0 Å². The number of para-hydroxylation sites is 1. The van der Waals surface area contributed by atoms with Gasteiger partial charge in [0, 0.05) is 11.3 Å². The number of hydrazine groups is 1. The Morgan fingerprint density at radius 1 is 0.786 bits per heavy atom. The highest BCUT2D eigenvalue weighted by Crippen LogP contribution is 2.19. The molecule has 0 atom stereocenters. The molecule has 12 nitrogen and oxygen atoms in total. The van der Waals surface area contributed by atoms with E-state index in [1.54, 1.807) is 35.2 Å². The zero-order chi connectivity index (χ0) is 21.6. The molecule has 0 aliphatic heterocycles. The molecule has 0 heterocycles. The van der Waals surface area contributed by atoms with E-state index in [4.69, 9.17) is 13.7 Å². The van der Waals surface area contributed by atoms with Crippen LogP contribution in [0, 0.1) is 0 Å². The van der Waals surface area contributed by atoms with E-state index in [0.717, 1.165) is 12.1 Å². The Morgan fingerprint density at radius 2 is 1.36 bits per heavy atom. The Kier molecular flexibility index (Phi) is 7.76. The smallest absolute Gasteiger partial charge is 0.306 e. The third-order valence-corrected chi connectivity index (χ3v) is 4.90. The number of carbonyl (C=O) groups excluding carboxylic acids is 1. The van der Waals surface area contributed by atoms with Crippen molar-refractivity contribution < 1.29 is 43.7 Å². The van der Waals surface area contributed by atoms with E-state index in [1.165, 1.54) is 0 Å². The Labute approximate surface area is 160 Å². The molecule has 0 fully saturated rings. The second-order valence-electron chi connectivity index (χ2n) is 4.84. The van der Waals surface area contributed by atoms with Crippen LogP contribution in [-0.4, -0.2) is 45.2 Å². The zero-order valence-electron chi connectivity index (χ0n) is 13.6. The minimum atomic E-state index is -4.74. The highest BCUT2D eigenvalue weighted by Gasteiger charge is 2.19. The average Bonchev–Trinajstić information content (AvgIpc) is 2.59. The molecule has 0 unspecified atom stereocenters. The number of anilines is 1. The van der Waals surface area contributed by atoms with Crippen molar-refractivity contribution in [2.45, 2.75) is 9.79 Å². The fourth-order valence-corrected chi connectivity index (χ4v) is 3.16. The first-order valence-corrected chi connectivity index (χ1v) is 11.2. The van der Waals surface area contributed by atoms with Gasteiger partial charge in [-0.05, 0) is 30.3 Å². The lowest BCUT2D eigenvalue weighted by Crippen LogP contribution is -2.28. The molecule has 5 N–H and O–H groups in total. The van der Waals surface area contributed by atoms with Gasteiger partial charge in [-0.2, -0.15) is 25.3 Å². The van der Waals surface area contributed by atoms with E-state index < -0.39 is 45.9 Å². The SMILES string of the molecule is O=Cc1ccc(S(=O)(=O)O)cc1S(=O)(=O)O.O=S(=O)(O)NNc1ccccc1. The molecule has 0 saturated carbocycles. The van der Waals surface area contributed by atoms with Crippen LogP contribution < -0.4 is 10.3 Å². The molecule has 2 aromatic rings. The lowest BCUT2D eigenvalue weighted by atomic mass is 10.2. The van der Waals surface area contributed by atoms with Gasteiger partial charge in [-0.1, -0.05) is 18.2 Å². The molecular formula is C13H14N2O10S3. The molecular weight excluding hydrogens is 440 g/mol. The van der Waals surface area contributed by atoms with Crippen molar-refractivity contribution in [3.63, 3.8) is 0 Å². The van der Waals surface area contributed by atoms with Crippen LogP contribution >= 0.6 is 0 Å². The van der Waals surface area contributed by atoms with E-state index in [-0.39, 0.29) is 6.29 Å². The Balaban J connectivity index is 0.000000292. The van der Waals surface area contributed by atoms with Gasteiger partial charge in [0.2, 0.25) is 0 Å². The van der Waals surface area contributed by atoms with Crippen molar-refractivity contribution >= 4 is 42.5 Å². The third kappa shape index (κ3) is 8.09. The Morgan fingerprint density at radius 3 is 1.79 bits per heavy atom. The first kappa shape index (κ1) is 23.6. The van der Waals surface area contributed by atoms with Crippen molar-refractivity contribution in [3.05, 3.63) is 54.1 Å². The summed E-state index contributed by atoms with van der Waals surface area (Å²) in [7, 11) is -13.5. The first-order valence-electron chi connectivity index (χ1n) is 6.83. The van der Waals surface area contributed by atoms with Crippen LogP contribution in [-0.2, 0) is 30.5 Å². The molecule has 154 valence electrons. The molecule has 0 amide bonds. The number of nitrogens with one attached hydrogen (secondary N) is 2. The maximum atomic E-state index is 10.8. The van der Waals surface area contributed by atoms with Crippen LogP contribution in [0.2, 0.25) is 0 Å². The average molecular weight is 454 g/mol. The quantitative estimate of drug-likeness (QED) is 0.229. The third-order valence-electron chi connectivity index (χ3n) is 2.79. The van der Waals surface area contributed by atoms with Crippen molar-refractivity contribution in [3.8, 4) is 0 Å². The van der Waals surface area contributed by atoms with E-state index in [9.17, 15) is 30.0 Å². The van der Waals surface area contributed by atoms with Crippen LogP contribution in [0.1, 0.15) is 10.4 Å². The summed E-state index contributed by atoms with van der Waals surface area (Å²) in [6, 6.07) is 10.7. The molecule has 28 heavy (non-hydrogen) atoms. The molecule has 15 heteroatoms. The lowest BCUT2D eigenvalue weighted by molar-refractivity contribution is 0.112. The minimum absolute atomic E-state index is 0.136. The highest BCUT2D eigenvalue weighted by molar-refractivity contribution is 7.86. The normalized spacial score (nSPS) is 11.8. The lowest BCUT2D eigenvalue weighted by Gasteiger charge is -2.03. The number of hydrogen-bond donors (Lipinski definition) is 5. The number of rotatable bonds is 6. The topological polar surface area (TPSA) is 204 Å². The maximum Gasteiger partial charge on any atom is 0.350 e. The molecule has 0 aliphatic carbocycles. The van der Waals surface area contributed by atoms with Gasteiger partial charge in [0.15, 0.2) is 6.29 Å². The molecule has 0 bridgehead atoms. The van der Waals surface area contributed by atoms with Gasteiger partial charge < -0.3 is 5.43 Å². The number of aldehydes is 1. The van der Waals surface area contributed by atoms with E-state index in [0.29, 0.717) is 11.8 Å². The van der Waals surface area contributed by atoms with Crippen molar-refractivity contribution in [1.82, 2.24) is 4.83 Å². The van der Waals surface area contributed by atoms with Gasteiger partial charge in [-0.3, -0.25) is 18.5 Å². The summed E-state index contributed by atoms with van der Waals surface area (Å²) in [5, 5.41) is 0. The Hall–Kier alpha value is -2.40. The van der Waals surface area contributed by atoms with Crippen molar-refractivity contribution in [1.29, 1.82) is 0 Å². The molecule has 2 aromatic carbocycles. The van der Waals surface area contributed by atoms with Crippen LogP contribution in [0.4, 0.5) is 5.69 Å². The molecule has 0 aliphatic rings. The second kappa shape index (κ2) is 9.20. The highest BCUT2D eigenvalue weighted by atomic mass is 32.2. The number of benzene rings is 2. The van der Waals surface area contributed by atoms with E-state index >= 15 is 0 Å². The van der Waals surface area contributed by atoms with Crippen LogP contribution in [0.5, 0.6) is 0 Å². The summed E-state index contributed by atoms with van der Waals surface area (Å²) >= 11 is 0. The summed E-state index contributed by atoms with van der Waals surface area (Å²) in [5.41, 5.74) is 2.44. The molecule has 0 saturated heterocycles. The molecule has 2 rings (SSSR count). The van der Waals surface area contributed by atoms with Gasteiger partial charge in [0.1, 0.15) is 4.90 Å². The summed E-state index contributed by atoms with van der Waals surface area (Å²) < 4.78 is 89.1. The summed E-state index contributed by atoms with van der Waals surface area (Å²) in [6.45, 7) is 0. The van der Waals surface area contributed by atoms with Gasteiger partial charge >= 0.3 is 10.3 Å². The number of carbonyl (C=O) groups is 1. The maximum absolute atomic E-state index is 10.8. The van der Waals surface area contributed by atoms with Gasteiger partial charge in [-0.25, -0.2) is 0 Å². The fraction of sp³-hybridized carbons (Fsp3) is 0. The fourth-order valence-electron chi connectivity index (χ4n) is 1.64. The van der Waals surface area contributed by atoms with Crippen LogP contribution in [0.25, 0.3) is 0 Å². The molecule has 0 radical (unpaired) electrons. The van der Waals surface area contributed by atoms with Crippen LogP contribution in [0.3, 0.4) is 0 Å². The van der Waals surface area contributed by atoms with Crippen molar-refractivity contribution in [2.75, 3.05) is 5.43 Å². The molecule has 0 spiro atoms. The standard InChI is InChI=1S/C7H6O7S2.C6H8N2O3S/c8-4-5-1-2-6(15(9,10)11)3-7(5)16(12,13)14;9-12(10,11)8-7-6-4-2-1-3-5-6/h1-4H,(H,9,10,11)(H,12,13,14);1-5,7-8H,(H,9,10,11). The largest absolute Gasteiger partial charge is 0.350 e. The zero-order valence-corrected chi connectivity index (χ0v) is 16.1. The summed E-state index contributed by atoms with van der Waals surface area (Å²) in [4.78, 5) is 10.6. The predicted molar refractivity (Wildman–Crippen MR) is 96.2 cm³/mol.